The summed E-state index contributed by atoms with van der Waals surface area (Å²) in [5.74, 6) is -2.00. The van der Waals surface area contributed by atoms with Crippen LogP contribution in [0.15, 0.2) is 24.4 Å². The number of halogens is 3. The van der Waals surface area contributed by atoms with Crippen molar-refractivity contribution in [3.63, 3.8) is 0 Å². The van der Waals surface area contributed by atoms with E-state index in [1.165, 1.54) is 0 Å². The van der Waals surface area contributed by atoms with Crippen molar-refractivity contribution in [2.75, 3.05) is 0 Å². The first-order chi connectivity index (χ1) is 8.79. The molecule has 2 aromatic rings. The van der Waals surface area contributed by atoms with Gasteiger partial charge in [-0.15, -0.1) is 5.10 Å². The normalized spacial score (nSPS) is 11.6. The molecule has 1 aromatic heterocycles. The minimum atomic E-state index is -4.94. The third kappa shape index (κ3) is 2.64. The quantitative estimate of drug-likeness (QED) is 0.787. The fraction of sp³-hybridized carbons (Fsp3) is 0.250. The van der Waals surface area contributed by atoms with Crippen molar-refractivity contribution >= 4 is 5.78 Å². The lowest BCUT2D eigenvalue weighted by Gasteiger charge is -2.05. The SMILES string of the molecule is Cc1ccc(-n2cc(C(=O)C(F)(F)F)nn2)c(C)c1. The molecule has 0 unspecified atom stereocenters. The number of hydrogen-bond donors (Lipinski definition) is 0. The van der Waals surface area contributed by atoms with E-state index in [9.17, 15) is 18.0 Å². The highest BCUT2D eigenvalue weighted by atomic mass is 19.4. The molecule has 0 atom stereocenters. The van der Waals surface area contributed by atoms with Gasteiger partial charge in [0.15, 0.2) is 5.69 Å². The van der Waals surface area contributed by atoms with Gasteiger partial charge in [-0.25, -0.2) is 4.68 Å². The van der Waals surface area contributed by atoms with Crippen molar-refractivity contribution in [2.45, 2.75) is 20.0 Å². The van der Waals surface area contributed by atoms with Crippen molar-refractivity contribution in [1.82, 2.24) is 15.0 Å². The highest BCUT2D eigenvalue weighted by Crippen LogP contribution is 2.21. The average molecular weight is 269 g/mol. The topological polar surface area (TPSA) is 47.8 Å². The van der Waals surface area contributed by atoms with Gasteiger partial charge in [0.1, 0.15) is 0 Å². The standard InChI is InChI=1S/C12H10F3N3O/c1-7-3-4-10(8(2)5-7)18-6-9(16-17-18)11(19)12(13,14)15/h3-6H,1-2H3. The Morgan fingerprint density at radius 1 is 1.26 bits per heavy atom. The van der Waals surface area contributed by atoms with E-state index >= 15 is 0 Å². The molecule has 0 aliphatic carbocycles. The number of hydrogen-bond acceptors (Lipinski definition) is 3. The molecule has 0 N–H and O–H groups in total. The molecular formula is C12H10F3N3O. The Bertz CT molecular complexity index is 631. The minimum absolute atomic E-state index is 0.583. The fourth-order valence-electron chi connectivity index (χ4n) is 1.69. The molecule has 0 spiro atoms. The van der Waals surface area contributed by atoms with Gasteiger partial charge < -0.3 is 0 Å². The largest absolute Gasteiger partial charge is 0.456 e. The van der Waals surface area contributed by atoms with Gasteiger partial charge in [-0.2, -0.15) is 13.2 Å². The molecule has 0 aliphatic rings. The van der Waals surface area contributed by atoms with Crippen LogP contribution < -0.4 is 0 Å². The third-order valence-corrected chi connectivity index (χ3v) is 2.58. The smallest absolute Gasteiger partial charge is 0.282 e. The summed E-state index contributed by atoms with van der Waals surface area (Å²) in [5.41, 5.74) is 1.72. The molecule has 19 heavy (non-hydrogen) atoms. The van der Waals surface area contributed by atoms with E-state index in [0.29, 0.717) is 5.69 Å². The number of carbonyl (C=O) groups is 1. The van der Waals surface area contributed by atoms with Gasteiger partial charge in [0.05, 0.1) is 11.9 Å². The monoisotopic (exact) mass is 269 g/mol. The Labute approximate surface area is 106 Å². The molecule has 4 nitrogen and oxygen atoms in total. The van der Waals surface area contributed by atoms with Crippen molar-refractivity contribution < 1.29 is 18.0 Å². The molecule has 100 valence electrons. The zero-order valence-corrected chi connectivity index (χ0v) is 10.2. The molecule has 0 aliphatic heterocycles. The summed E-state index contributed by atoms with van der Waals surface area (Å²) in [6, 6.07) is 5.37. The lowest BCUT2D eigenvalue weighted by molar-refractivity contribution is -0.0888. The van der Waals surface area contributed by atoms with Crippen LogP contribution in [0.4, 0.5) is 13.2 Å². The van der Waals surface area contributed by atoms with Crippen LogP contribution in [0.1, 0.15) is 21.6 Å². The van der Waals surface area contributed by atoms with Crippen molar-refractivity contribution in [1.29, 1.82) is 0 Å². The Kier molecular flexibility index (Phi) is 3.13. The van der Waals surface area contributed by atoms with Crippen molar-refractivity contribution in [3.05, 3.63) is 41.2 Å². The molecule has 0 amide bonds. The van der Waals surface area contributed by atoms with Crippen LogP contribution in [0.5, 0.6) is 0 Å². The van der Waals surface area contributed by atoms with Gasteiger partial charge in [0, 0.05) is 0 Å². The maximum Gasteiger partial charge on any atom is 0.456 e. The van der Waals surface area contributed by atoms with E-state index in [1.54, 1.807) is 19.1 Å². The zero-order chi connectivity index (χ0) is 14.2. The molecule has 2 rings (SSSR count). The lowest BCUT2D eigenvalue weighted by atomic mass is 10.1. The van der Waals surface area contributed by atoms with Crippen LogP contribution in [-0.2, 0) is 0 Å². The van der Waals surface area contributed by atoms with Crippen LogP contribution in [0, 0.1) is 13.8 Å². The van der Waals surface area contributed by atoms with Gasteiger partial charge >= 0.3 is 6.18 Å². The Morgan fingerprint density at radius 2 is 1.95 bits per heavy atom. The molecule has 1 aromatic carbocycles. The van der Waals surface area contributed by atoms with E-state index in [-0.39, 0.29) is 0 Å². The minimum Gasteiger partial charge on any atom is -0.282 e. The first kappa shape index (κ1) is 13.3. The number of carbonyl (C=O) groups excluding carboxylic acids is 1. The second kappa shape index (κ2) is 4.49. The van der Waals surface area contributed by atoms with Crippen LogP contribution in [-0.4, -0.2) is 27.0 Å². The molecule has 1 heterocycles. The summed E-state index contributed by atoms with van der Waals surface area (Å²) < 4.78 is 37.9. The molecule has 0 fully saturated rings. The Hall–Kier alpha value is -2.18. The molecule has 0 bridgehead atoms. The second-order valence-electron chi connectivity index (χ2n) is 4.17. The molecule has 7 heteroatoms. The molecule has 0 radical (unpaired) electrons. The number of Topliss-reactive ketones (excluding diaryl/α,β-unsaturated/α-hetero) is 1. The third-order valence-electron chi connectivity index (χ3n) is 2.58. The van der Waals surface area contributed by atoms with E-state index < -0.39 is 17.7 Å². The molecule has 0 saturated heterocycles. The van der Waals surface area contributed by atoms with Crippen LogP contribution in [0.2, 0.25) is 0 Å². The molecular weight excluding hydrogens is 259 g/mol. The van der Waals surface area contributed by atoms with E-state index in [4.69, 9.17) is 0 Å². The number of rotatable bonds is 2. The Morgan fingerprint density at radius 3 is 2.53 bits per heavy atom. The fourth-order valence-corrected chi connectivity index (χ4v) is 1.69. The first-order valence-corrected chi connectivity index (χ1v) is 5.40. The van der Waals surface area contributed by atoms with E-state index in [2.05, 4.69) is 10.3 Å². The predicted octanol–water partition coefficient (Wildman–Crippen LogP) is 2.63. The number of benzene rings is 1. The summed E-state index contributed by atoms with van der Waals surface area (Å²) in [6.07, 6.45) is -3.96. The van der Waals surface area contributed by atoms with E-state index in [1.807, 2.05) is 13.0 Å². The maximum atomic E-state index is 12.3. The predicted molar refractivity (Wildman–Crippen MR) is 61.2 cm³/mol. The van der Waals surface area contributed by atoms with Crippen molar-refractivity contribution in [3.8, 4) is 5.69 Å². The van der Waals surface area contributed by atoms with Gasteiger partial charge in [0.2, 0.25) is 0 Å². The number of aromatic nitrogens is 3. The lowest BCUT2D eigenvalue weighted by Crippen LogP contribution is -2.23. The highest BCUT2D eigenvalue weighted by molar-refractivity contribution is 5.98. The summed E-state index contributed by atoms with van der Waals surface area (Å²) in [6.45, 7) is 3.70. The number of nitrogens with zero attached hydrogens (tertiary/aromatic N) is 3. The van der Waals surface area contributed by atoms with Crippen molar-refractivity contribution in [2.24, 2.45) is 0 Å². The van der Waals surface area contributed by atoms with Crippen LogP contribution in [0.25, 0.3) is 5.69 Å². The summed E-state index contributed by atoms with van der Waals surface area (Å²) in [7, 11) is 0. The summed E-state index contributed by atoms with van der Waals surface area (Å²) in [4.78, 5) is 11.0. The molecule has 0 saturated carbocycles. The summed E-state index contributed by atoms with van der Waals surface area (Å²) >= 11 is 0. The zero-order valence-electron chi connectivity index (χ0n) is 10.2. The Balaban J connectivity index is 2.39. The second-order valence-corrected chi connectivity index (χ2v) is 4.17. The van der Waals surface area contributed by atoms with Gasteiger partial charge in [0.25, 0.3) is 5.78 Å². The number of ketones is 1. The van der Waals surface area contributed by atoms with Gasteiger partial charge in [-0.05, 0) is 25.5 Å². The highest BCUT2D eigenvalue weighted by Gasteiger charge is 2.41. The number of aryl methyl sites for hydroxylation is 2. The maximum absolute atomic E-state index is 12.3. The summed E-state index contributed by atoms with van der Waals surface area (Å²) in [5, 5.41) is 6.82. The van der Waals surface area contributed by atoms with Gasteiger partial charge in [-0.3, -0.25) is 4.79 Å². The van der Waals surface area contributed by atoms with E-state index in [0.717, 1.165) is 22.0 Å². The average Bonchev–Trinajstić information content (AvgIpc) is 2.75. The van der Waals surface area contributed by atoms with Crippen LogP contribution >= 0.6 is 0 Å². The van der Waals surface area contributed by atoms with Crippen LogP contribution in [0.3, 0.4) is 0 Å². The number of alkyl halides is 3. The first-order valence-electron chi connectivity index (χ1n) is 5.40. The van der Waals surface area contributed by atoms with Gasteiger partial charge in [-0.1, -0.05) is 22.9 Å².